The SMILES string of the molecule is COCCN(CCC(=O)OC)CCc1nccn1C. The van der Waals surface area contributed by atoms with Gasteiger partial charge in [0.1, 0.15) is 5.82 Å². The van der Waals surface area contributed by atoms with Crippen LogP contribution in [0.2, 0.25) is 0 Å². The summed E-state index contributed by atoms with van der Waals surface area (Å²) >= 11 is 0. The van der Waals surface area contributed by atoms with Crippen molar-refractivity contribution in [2.24, 2.45) is 7.05 Å². The van der Waals surface area contributed by atoms with E-state index in [1.807, 2.05) is 17.8 Å². The van der Waals surface area contributed by atoms with E-state index >= 15 is 0 Å². The normalized spacial score (nSPS) is 10.9. The van der Waals surface area contributed by atoms with Crippen LogP contribution >= 0.6 is 0 Å². The third-order valence-electron chi connectivity index (χ3n) is 3.04. The Bertz CT molecular complexity index is 379. The van der Waals surface area contributed by atoms with Gasteiger partial charge in [0, 0.05) is 52.6 Å². The zero-order valence-electron chi connectivity index (χ0n) is 12.0. The molecule has 0 aliphatic carbocycles. The molecule has 108 valence electrons. The number of rotatable bonds is 9. The van der Waals surface area contributed by atoms with Crippen LogP contribution < -0.4 is 0 Å². The monoisotopic (exact) mass is 269 g/mol. The molecule has 0 amide bonds. The summed E-state index contributed by atoms with van der Waals surface area (Å²) in [5, 5.41) is 0. The van der Waals surface area contributed by atoms with Gasteiger partial charge in [0.2, 0.25) is 0 Å². The molecule has 0 unspecified atom stereocenters. The van der Waals surface area contributed by atoms with Crippen molar-refractivity contribution in [3.8, 4) is 0 Å². The Balaban J connectivity index is 2.40. The average Bonchev–Trinajstić information content (AvgIpc) is 2.83. The van der Waals surface area contributed by atoms with Crippen LogP contribution in [0.25, 0.3) is 0 Å². The number of aromatic nitrogens is 2. The lowest BCUT2D eigenvalue weighted by molar-refractivity contribution is -0.141. The summed E-state index contributed by atoms with van der Waals surface area (Å²) < 4.78 is 11.8. The van der Waals surface area contributed by atoms with Crippen molar-refractivity contribution < 1.29 is 14.3 Å². The summed E-state index contributed by atoms with van der Waals surface area (Å²) in [6, 6.07) is 0. The molecule has 6 nitrogen and oxygen atoms in total. The summed E-state index contributed by atoms with van der Waals surface area (Å²) in [5.41, 5.74) is 0. The minimum Gasteiger partial charge on any atom is -0.469 e. The summed E-state index contributed by atoms with van der Waals surface area (Å²) in [5.74, 6) is 0.861. The van der Waals surface area contributed by atoms with E-state index in [1.54, 1.807) is 13.3 Å². The van der Waals surface area contributed by atoms with Gasteiger partial charge in [0.25, 0.3) is 0 Å². The van der Waals surface area contributed by atoms with Crippen LogP contribution in [-0.4, -0.2) is 60.9 Å². The van der Waals surface area contributed by atoms with Gasteiger partial charge in [-0.25, -0.2) is 4.98 Å². The molecule has 0 saturated heterocycles. The Morgan fingerprint density at radius 1 is 1.37 bits per heavy atom. The van der Waals surface area contributed by atoms with E-state index in [0.717, 1.165) is 25.3 Å². The van der Waals surface area contributed by atoms with E-state index in [9.17, 15) is 4.79 Å². The van der Waals surface area contributed by atoms with E-state index in [0.29, 0.717) is 19.6 Å². The van der Waals surface area contributed by atoms with E-state index in [2.05, 4.69) is 14.6 Å². The first-order chi connectivity index (χ1) is 9.17. The highest BCUT2D eigenvalue weighted by molar-refractivity contribution is 5.69. The molecule has 0 fully saturated rings. The molecule has 0 radical (unpaired) electrons. The van der Waals surface area contributed by atoms with Crippen LogP contribution in [0.5, 0.6) is 0 Å². The number of aryl methyl sites for hydroxylation is 1. The van der Waals surface area contributed by atoms with Crippen LogP contribution in [0, 0.1) is 0 Å². The number of esters is 1. The fourth-order valence-corrected chi connectivity index (χ4v) is 1.80. The second kappa shape index (κ2) is 8.66. The van der Waals surface area contributed by atoms with Crippen molar-refractivity contribution in [2.75, 3.05) is 40.5 Å². The highest BCUT2D eigenvalue weighted by atomic mass is 16.5. The number of nitrogens with zero attached hydrogens (tertiary/aromatic N) is 3. The van der Waals surface area contributed by atoms with Crippen molar-refractivity contribution in [1.29, 1.82) is 0 Å². The third kappa shape index (κ3) is 5.85. The van der Waals surface area contributed by atoms with E-state index < -0.39 is 0 Å². The molecule has 0 aromatic carbocycles. The van der Waals surface area contributed by atoms with Gasteiger partial charge in [0.05, 0.1) is 20.1 Å². The number of hydrogen-bond donors (Lipinski definition) is 0. The second-order valence-corrected chi connectivity index (χ2v) is 4.36. The molecule has 1 aromatic heterocycles. The molecule has 6 heteroatoms. The van der Waals surface area contributed by atoms with Gasteiger partial charge in [0.15, 0.2) is 0 Å². The average molecular weight is 269 g/mol. The maximum absolute atomic E-state index is 11.2. The summed E-state index contributed by atoms with van der Waals surface area (Å²) in [6.07, 6.45) is 4.99. The number of ether oxygens (including phenoxy) is 2. The van der Waals surface area contributed by atoms with Crippen LogP contribution in [0.1, 0.15) is 12.2 Å². The van der Waals surface area contributed by atoms with Gasteiger partial charge in [-0.05, 0) is 0 Å². The highest BCUT2D eigenvalue weighted by Crippen LogP contribution is 2.00. The minimum atomic E-state index is -0.181. The molecule has 0 spiro atoms. The maximum Gasteiger partial charge on any atom is 0.306 e. The number of hydrogen-bond acceptors (Lipinski definition) is 5. The Kier molecular flexibility index (Phi) is 7.14. The molecule has 0 N–H and O–H groups in total. The lowest BCUT2D eigenvalue weighted by Crippen LogP contribution is -2.32. The van der Waals surface area contributed by atoms with Crippen LogP contribution in [0.4, 0.5) is 0 Å². The van der Waals surface area contributed by atoms with Crippen LogP contribution in [0.15, 0.2) is 12.4 Å². The van der Waals surface area contributed by atoms with Gasteiger partial charge >= 0.3 is 5.97 Å². The predicted octanol–water partition coefficient (Wildman–Crippen LogP) is 0.474. The molecule has 1 aromatic rings. The lowest BCUT2D eigenvalue weighted by atomic mass is 10.3. The molecule has 19 heavy (non-hydrogen) atoms. The number of methoxy groups -OCH3 is 2. The Labute approximate surface area is 114 Å². The first-order valence-electron chi connectivity index (χ1n) is 6.41. The summed E-state index contributed by atoms with van der Waals surface area (Å²) in [6.45, 7) is 2.99. The van der Waals surface area contributed by atoms with Gasteiger partial charge in [-0.15, -0.1) is 0 Å². The Morgan fingerprint density at radius 2 is 2.16 bits per heavy atom. The number of carbonyl (C=O) groups excluding carboxylic acids is 1. The third-order valence-corrected chi connectivity index (χ3v) is 3.04. The van der Waals surface area contributed by atoms with Crippen LogP contribution in [0.3, 0.4) is 0 Å². The molecule has 1 heterocycles. The van der Waals surface area contributed by atoms with Crippen molar-refractivity contribution in [2.45, 2.75) is 12.8 Å². The largest absolute Gasteiger partial charge is 0.469 e. The molecular formula is C13H23N3O3. The van der Waals surface area contributed by atoms with Crippen molar-refractivity contribution in [3.63, 3.8) is 0 Å². The topological polar surface area (TPSA) is 56.6 Å². The molecular weight excluding hydrogens is 246 g/mol. The smallest absolute Gasteiger partial charge is 0.306 e. The summed E-state index contributed by atoms with van der Waals surface area (Å²) in [7, 11) is 5.07. The van der Waals surface area contributed by atoms with Crippen molar-refractivity contribution >= 4 is 5.97 Å². The first kappa shape index (κ1) is 15.7. The van der Waals surface area contributed by atoms with Crippen molar-refractivity contribution in [3.05, 3.63) is 18.2 Å². The van der Waals surface area contributed by atoms with Crippen molar-refractivity contribution in [1.82, 2.24) is 14.5 Å². The van der Waals surface area contributed by atoms with E-state index in [4.69, 9.17) is 4.74 Å². The Morgan fingerprint density at radius 3 is 2.74 bits per heavy atom. The zero-order valence-corrected chi connectivity index (χ0v) is 12.0. The molecule has 0 aliphatic heterocycles. The predicted molar refractivity (Wildman–Crippen MR) is 71.9 cm³/mol. The summed E-state index contributed by atoms with van der Waals surface area (Å²) in [4.78, 5) is 17.7. The second-order valence-electron chi connectivity index (χ2n) is 4.36. The van der Waals surface area contributed by atoms with Gasteiger partial charge in [-0.2, -0.15) is 0 Å². The first-order valence-corrected chi connectivity index (χ1v) is 6.41. The maximum atomic E-state index is 11.2. The number of carbonyl (C=O) groups is 1. The lowest BCUT2D eigenvalue weighted by Gasteiger charge is -2.21. The minimum absolute atomic E-state index is 0.181. The number of imidazole rings is 1. The zero-order chi connectivity index (χ0) is 14.1. The van der Waals surface area contributed by atoms with Crippen LogP contribution in [-0.2, 0) is 27.7 Å². The standard InChI is InChI=1S/C13H23N3O3/c1-15-9-6-14-12(15)4-7-16(10-11-18-2)8-5-13(17)19-3/h6,9H,4-5,7-8,10-11H2,1-3H3. The highest BCUT2D eigenvalue weighted by Gasteiger charge is 2.10. The molecule has 1 rings (SSSR count). The fraction of sp³-hybridized carbons (Fsp3) is 0.692. The quantitative estimate of drug-likeness (QED) is 0.610. The molecule has 0 bridgehead atoms. The molecule has 0 atom stereocenters. The van der Waals surface area contributed by atoms with Gasteiger partial charge in [-0.1, -0.05) is 0 Å². The fourth-order valence-electron chi connectivity index (χ4n) is 1.80. The molecule has 0 aliphatic rings. The van der Waals surface area contributed by atoms with Gasteiger partial charge in [-0.3, -0.25) is 4.79 Å². The van der Waals surface area contributed by atoms with E-state index in [1.165, 1.54) is 7.11 Å². The van der Waals surface area contributed by atoms with E-state index in [-0.39, 0.29) is 5.97 Å². The van der Waals surface area contributed by atoms with Gasteiger partial charge < -0.3 is 18.9 Å². The molecule has 0 saturated carbocycles. The Hall–Kier alpha value is -1.40.